The second-order valence-corrected chi connectivity index (χ2v) is 9.42. The van der Waals surface area contributed by atoms with Crippen molar-refractivity contribution in [2.45, 2.75) is 51.4 Å². The van der Waals surface area contributed by atoms with Gasteiger partial charge in [0.05, 0.1) is 12.7 Å². The molecule has 0 heterocycles. The van der Waals surface area contributed by atoms with Gasteiger partial charge in [0.15, 0.2) is 0 Å². The topological polar surface area (TPSA) is 63.6 Å². The number of hydrogen-bond acceptors (Lipinski definition) is 3. The van der Waals surface area contributed by atoms with Gasteiger partial charge >= 0.3 is 11.9 Å². The fourth-order valence-electron chi connectivity index (χ4n) is 4.21. The van der Waals surface area contributed by atoms with E-state index in [1.165, 1.54) is 18.2 Å². The van der Waals surface area contributed by atoms with Crippen LogP contribution in [0.1, 0.15) is 73.1 Å². The van der Waals surface area contributed by atoms with E-state index in [0.29, 0.717) is 11.1 Å². The van der Waals surface area contributed by atoms with E-state index in [1.54, 1.807) is 24.3 Å². The van der Waals surface area contributed by atoms with Crippen molar-refractivity contribution in [2.24, 2.45) is 0 Å². The minimum absolute atomic E-state index is 0.0799. The highest BCUT2D eigenvalue weighted by Crippen LogP contribution is 2.46. The summed E-state index contributed by atoms with van der Waals surface area (Å²) in [5, 5.41) is 9.15. The van der Waals surface area contributed by atoms with Gasteiger partial charge < -0.3 is 9.84 Å². The summed E-state index contributed by atoms with van der Waals surface area (Å²) in [5.41, 5.74) is 5.79. The molecule has 0 bridgehead atoms. The van der Waals surface area contributed by atoms with Crippen LogP contribution in [-0.2, 0) is 20.4 Å². The van der Waals surface area contributed by atoms with Crippen molar-refractivity contribution in [3.63, 3.8) is 0 Å². The van der Waals surface area contributed by atoms with Crippen LogP contribution in [-0.4, -0.2) is 24.2 Å². The average molecular weight is 419 g/mol. The van der Waals surface area contributed by atoms with E-state index in [4.69, 9.17) is 9.84 Å². The molecule has 1 N–H and O–H groups in total. The number of allylic oxidation sites excluding steroid dienone is 2. The molecular weight excluding hydrogens is 388 g/mol. The normalized spacial score (nSPS) is 17.3. The molecule has 1 aliphatic carbocycles. The fourth-order valence-corrected chi connectivity index (χ4v) is 4.21. The quantitative estimate of drug-likeness (QED) is 0.280. The minimum Gasteiger partial charge on any atom is -0.478 e. The fraction of sp³-hybridized carbons (Fsp3) is 0.333. The summed E-state index contributed by atoms with van der Waals surface area (Å²) in [6, 6.07) is 13.5. The van der Waals surface area contributed by atoms with Crippen LogP contribution in [0.3, 0.4) is 0 Å². The lowest BCUT2D eigenvalue weighted by Crippen LogP contribution is -2.33. The molecule has 2 aromatic rings. The third-order valence-corrected chi connectivity index (χ3v) is 6.22. The van der Waals surface area contributed by atoms with Gasteiger partial charge in [-0.15, -0.1) is 0 Å². The zero-order valence-corrected chi connectivity index (χ0v) is 18.9. The summed E-state index contributed by atoms with van der Waals surface area (Å²) in [7, 11) is 1.34. The number of ether oxygens (including phenoxy) is 1. The van der Waals surface area contributed by atoms with Crippen LogP contribution < -0.4 is 0 Å². The molecule has 0 aromatic heterocycles. The average Bonchev–Trinajstić information content (AvgIpc) is 2.73. The monoisotopic (exact) mass is 418 g/mol. The molecule has 4 heteroatoms. The van der Waals surface area contributed by atoms with Gasteiger partial charge in [0.25, 0.3) is 0 Å². The lowest BCUT2D eigenvalue weighted by molar-refractivity contribution is -0.131. The first kappa shape index (κ1) is 22.5. The van der Waals surface area contributed by atoms with E-state index in [0.717, 1.165) is 30.0 Å². The number of carboxylic acids is 1. The van der Waals surface area contributed by atoms with Gasteiger partial charge in [-0.3, -0.25) is 0 Å². The number of carbonyl (C=O) groups is 2. The lowest BCUT2D eigenvalue weighted by Gasteiger charge is -2.42. The van der Waals surface area contributed by atoms with Crippen LogP contribution >= 0.6 is 0 Å². The Hall–Kier alpha value is -3.14. The van der Waals surface area contributed by atoms with E-state index in [-0.39, 0.29) is 10.8 Å². The second kappa shape index (κ2) is 8.54. The first-order valence-corrected chi connectivity index (χ1v) is 10.5. The number of methoxy groups -OCH3 is 1. The molecule has 0 radical (unpaired) electrons. The number of carbonyl (C=O) groups excluding carboxylic acids is 1. The van der Waals surface area contributed by atoms with Crippen LogP contribution in [0.4, 0.5) is 0 Å². The Labute approximate surface area is 184 Å². The molecule has 1 aliphatic rings. The van der Waals surface area contributed by atoms with Crippen LogP contribution in [0.15, 0.2) is 54.6 Å². The van der Waals surface area contributed by atoms with Crippen LogP contribution in [0, 0.1) is 0 Å². The number of fused-ring (bicyclic) bond motifs is 1. The van der Waals surface area contributed by atoms with Gasteiger partial charge in [-0.25, -0.2) is 9.59 Å². The van der Waals surface area contributed by atoms with E-state index in [1.807, 2.05) is 12.1 Å². The van der Waals surface area contributed by atoms with Crippen molar-refractivity contribution in [3.8, 4) is 0 Å². The third kappa shape index (κ3) is 4.96. The number of hydrogen-bond donors (Lipinski definition) is 1. The molecule has 2 aromatic carbocycles. The van der Waals surface area contributed by atoms with Crippen LogP contribution in [0.5, 0.6) is 0 Å². The van der Waals surface area contributed by atoms with E-state index < -0.39 is 11.9 Å². The largest absolute Gasteiger partial charge is 0.478 e. The number of aliphatic carboxylic acids is 1. The highest BCUT2D eigenvalue weighted by Gasteiger charge is 2.36. The van der Waals surface area contributed by atoms with Crippen molar-refractivity contribution < 1.29 is 19.4 Å². The molecule has 0 saturated carbocycles. The van der Waals surface area contributed by atoms with Crippen LogP contribution in [0.25, 0.3) is 11.6 Å². The number of rotatable bonds is 5. The van der Waals surface area contributed by atoms with Crippen molar-refractivity contribution >= 4 is 23.6 Å². The maximum atomic E-state index is 12.0. The smallest absolute Gasteiger partial charge is 0.337 e. The Bertz CT molecular complexity index is 1070. The van der Waals surface area contributed by atoms with Crippen molar-refractivity contribution in [1.82, 2.24) is 0 Å². The molecule has 0 amide bonds. The Kier molecular flexibility index (Phi) is 6.21. The summed E-state index contributed by atoms with van der Waals surface area (Å²) >= 11 is 0. The van der Waals surface area contributed by atoms with Crippen molar-refractivity contribution in [2.75, 3.05) is 7.11 Å². The highest BCUT2D eigenvalue weighted by atomic mass is 16.5. The molecule has 162 valence electrons. The Morgan fingerprint density at radius 3 is 2.19 bits per heavy atom. The Balaban J connectivity index is 2.12. The molecular formula is C27H30O4. The zero-order valence-electron chi connectivity index (χ0n) is 18.9. The van der Waals surface area contributed by atoms with E-state index in [2.05, 4.69) is 45.9 Å². The summed E-state index contributed by atoms with van der Waals surface area (Å²) in [6.45, 7) is 9.13. The molecule has 0 spiro atoms. The number of carboxylic acid groups (broad SMARTS) is 1. The van der Waals surface area contributed by atoms with Gasteiger partial charge in [-0.05, 0) is 75.8 Å². The van der Waals surface area contributed by atoms with E-state index >= 15 is 0 Å². The molecule has 0 unspecified atom stereocenters. The van der Waals surface area contributed by atoms with Crippen molar-refractivity contribution in [1.29, 1.82) is 0 Å². The predicted octanol–water partition coefficient (Wildman–Crippen LogP) is 6.00. The maximum absolute atomic E-state index is 12.0. The summed E-state index contributed by atoms with van der Waals surface area (Å²) < 4.78 is 4.82. The summed E-state index contributed by atoms with van der Waals surface area (Å²) in [4.78, 5) is 23.1. The number of benzene rings is 2. The van der Waals surface area contributed by atoms with Gasteiger partial charge in [0.1, 0.15) is 0 Å². The SMILES string of the molecule is COC(=O)c1cccc(C(=C\c2ccc3c(c2)C(C)(C)CCC3(C)C)/C=C/C(=O)O)c1. The Morgan fingerprint density at radius 1 is 0.903 bits per heavy atom. The second-order valence-electron chi connectivity index (χ2n) is 9.42. The molecule has 4 nitrogen and oxygen atoms in total. The minimum atomic E-state index is -1.02. The van der Waals surface area contributed by atoms with Crippen LogP contribution in [0.2, 0.25) is 0 Å². The highest BCUT2D eigenvalue weighted by molar-refractivity contribution is 5.95. The molecule has 0 atom stereocenters. The maximum Gasteiger partial charge on any atom is 0.337 e. The summed E-state index contributed by atoms with van der Waals surface area (Å²) in [6.07, 6.45) is 6.91. The molecule has 3 rings (SSSR count). The molecule has 31 heavy (non-hydrogen) atoms. The zero-order chi connectivity index (χ0) is 22.8. The van der Waals surface area contributed by atoms with E-state index in [9.17, 15) is 9.59 Å². The van der Waals surface area contributed by atoms with Gasteiger partial charge in [-0.2, -0.15) is 0 Å². The first-order chi connectivity index (χ1) is 14.5. The van der Waals surface area contributed by atoms with Gasteiger partial charge in [-0.1, -0.05) is 58.0 Å². The van der Waals surface area contributed by atoms with Gasteiger partial charge in [0, 0.05) is 6.08 Å². The van der Waals surface area contributed by atoms with Gasteiger partial charge in [0.2, 0.25) is 0 Å². The first-order valence-electron chi connectivity index (χ1n) is 10.5. The third-order valence-electron chi connectivity index (χ3n) is 6.22. The molecule has 0 fully saturated rings. The predicted molar refractivity (Wildman–Crippen MR) is 124 cm³/mol. The lowest BCUT2D eigenvalue weighted by atomic mass is 9.63. The number of esters is 1. The molecule has 0 aliphatic heterocycles. The summed E-state index contributed by atoms with van der Waals surface area (Å²) in [5.74, 6) is -1.45. The molecule has 0 saturated heterocycles. The standard InChI is InChI=1S/C27H30O4/c1-26(2)13-14-27(3,4)23-16-18(9-11-22(23)26)15-20(10-12-24(28)29)19-7-6-8-21(17-19)25(30)31-5/h6-12,15-17H,13-14H2,1-5H3,(H,28,29)/b12-10+,20-15-. The van der Waals surface area contributed by atoms with Crippen molar-refractivity contribution in [3.05, 3.63) is 82.4 Å². The Morgan fingerprint density at radius 2 is 1.55 bits per heavy atom.